The third-order valence-electron chi connectivity index (χ3n) is 7.54. The van der Waals surface area contributed by atoms with Crippen LogP contribution in [0.2, 0.25) is 0 Å². The van der Waals surface area contributed by atoms with Gasteiger partial charge in [-0.25, -0.2) is 0 Å². The summed E-state index contributed by atoms with van der Waals surface area (Å²) in [4.78, 5) is 9.66. The van der Waals surface area contributed by atoms with E-state index in [2.05, 4.69) is 63.7 Å². The third-order valence-corrected chi connectivity index (χ3v) is 8.42. The average molecular weight is 489 g/mol. The van der Waals surface area contributed by atoms with Crippen LogP contribution in [-0.2, 0) is 6.42 Å². The van der Waals surface area contributed by atoms with Gasteiger partial charge in [-0.15, -0.1) is 11.3 Å². The van der Waals surface area contributed by atoms with E-state index in [4.69, 9.17) is 9.73 Å². The quantitative estimate of drug-likeness (QED) is 0.323. The fourth-order valence-corrected chi connectivity index (χ4v) is 6.21. The van der Waals surface area contributed by atoms with Gasteiger partial charge >= 0.3 is 0 Å². The SMILES string of the molecule is [O-]C(=NC(Cc1ccc(OC2CC2)cc1)CN1CCCC1)[C@@H]1CCN(c2ccc3ccsc3c2)C1. The first kappa shape index (κ1) is 22.9. The Morgan fingerprint density at radius 1 is 1.03 bits per heavy atom. The first-order valence-corrected chi connectivity index (χ1v) is 14.0. The van der Waals surface area contributed by atoms with Crippen LogP contribution < -0.4 is 14.7 Å². The van der Waals surface area contributed by atoms with Crippen LogP contribution in [0.25, 0.3) is 10.1 Å². The number of thiophene rings is 1. The molecule has 5 nitrogen and oxygen atoms in total. The van der Waals surface area contributed by atoms with Crippen LogP contribution in [0.15, 0.2) is 58.9 Å². The molecule has 2 atom stereocenters. The van der Waals surface area contributed by atoms with Gasteiger partial charge in [0.1, 0.15) is 5.75 Å². The molecule has 35 heavy (non-hydrogen) atoms. The molecule has 0 radical (unpaired) electrons. The standard InChI is InChI=1S/C29H35N3O2S/c33-29(23-11-15-32(19-23)25-6-5-22-12-16-35-28(22)18-25)30-24(20-31-13-1-2-14-31)17-21-3-7-26(8-4-21)34-27-9-10-27/h3-8,12,16,18,23-24,27H,1-2,9-11,13-15,17,19-20H2,(H,30,33)/p-1/t23-,24?/m1/s1. The van der Waals surface area contributed by atoms with Gasteiger partial charge in [-0.2, -0.15) is 0 Å². The van der Waals surface area contributed by atoms with E-state index in [1.165, 1.54) is 47.0 Å². The summed E-state index contributed by atoms with van der Waals surface area (Å²) in [5.74, 6) is 1.03. The lowest BCUT2D eigenvalue weighted by atomic mass is 10.0. The first-order valence-electron chi connectivity index (χ1n) is 13.1. The highest BCUT2D eigenvalue weighted by Gasteiger charge is 2.25. The second-order valence-corrected chi connectivity index (χ2v) is 11.3. The molecule has 2 saturated heterocycles. The summed E-state index contributed by atoms with van der Waals surface area (Å²) in [5, 5.41) is 16.7. The Balaban J connectivity index is 1.13. The molecule has 184 valence electrons. The van der Waals surface area contributed by atoms with Crippen molar-refractivity contribution in [3.63, 3.8) is 0 Å². The summed E-state index contributed by atoms with van der Waals surface area (Å²) in [6.45, 7) is 4.80. The van der Waals surface area contributed by atoms with Crippen molar-refractivity contribution in [3.05, 3.63) is 59.5 Å². The van der Waals surface area contributed by atoms with Crippen molar-refractivity contribution in [2.75, 3.05) is 37.6 Å². The summed E-state index contributed by atoms with van der Waals surface area (Å²) >= 11 is 1.77. The van der Waals surface area contributed by atoms with Gasteiger partial charge in [0, 0.05) is 35.9 Å². The highest BCUT2D eigenvalue weighted by molar-refractivity contribution is 7.17. The molecule has 1 saturated carbocycles. The molecule has 3 aliphatic rings. The van der Waals surface area contributed by atoms with Gasteiger partial charge in [-0.05, 0) is 104 Å². The maximum Gasteiger partial charge on any atom is 0.119 e. The number of hydrogen-bond acceptors (Lipinski definition) is 6. The fourth-order valence-electron chi connectivity index (χ4n) is 5.39. The number of anilines is 1. The zero-order chi connectivity index (χ0) is 23.6. The van der Waals surface area contributed by atoms with E-state index >= 15 is 0 Å². The number of fused-ring (bicyclic) bond motifs is 1. The molecule has 6 rings (SSSR count). The van der Waals surface area contributed by atoms with Crippen LogP contribution in [-0.4, -0.2) is 55.7 Å². The molecular formula is C29H34N3O2S-. The molecule has 3 aromatic rings. The summed E-state index contributed by atoms with van der Waals surface area (Å²) in [5.41, 5.74) is 2.45. The number of hydrogen-bond donors (Lipinski definition) is 0. The van der Waals surface area contributed by atoms with Gasteiger partial charge in [-0.3, -0.25) is 0 Å². The van der Waals surface area contributed by atoms with Crippen molar-refractivity contribution in [1.82, 2.24) is 4.90 Å². The summed E-state index contributed by atoms with van der Waals surface area (Å²) < 4.78 is 7.21. The van der Waals surface area contributed by atoms with Gasteiger partial charge in [0.25, 0.3) is 0 Å². The lowest BCUT2D eigenvalue weighted by Gasteiger charge is -2.26. The Labute approximate surface area is 212 Å². The van der Waals surface area contributed by atoms with Crippen LogP contribution in [0.4, 0.5) is 5.69 Å². The number of likely N-dealkylation sites (tertiary alicyclic amines) is 1. The van der Waals surface area contributed by atoms with Crippen molar-refractivity contribution < 1.29 is 9.84 Å². The summed E-state index contributed by atoms with van der Waals surface area (Å²) in [6, 6.07) is 17.2. The van der Waals surface area contributed by atoms with Crippen molar-refractivity contribution in [3.8, 4) is 5.75 Å². The van der Waals surface area contributed by atoms with Crippen molar-refractivity contribution in [2.45, 2.75) is 50.7 Å². The predicted molar refractivity (Wildman–Crippen MR) is 143 cm³/mol. The smallest absolute Gasteiger partial charge is 0.119 e. The molecule has 0 amide bonds. The van der Waals surface area contributed by atoms with E-state index in [1.54, 1.807) is 11.3 Å². The van der Waals surface area contributed by atoms with Crippen LogP contribution in [0.5, 0.6) is 5.75 Å². The minimum Gasteiger partial charge on any atom is -0.862 e. The minimum atomic E-state index is -0.00979. The highest BCUT2D eigenvalue weighted by Crippen LogP contribution is 2.30. The van der Waals surface area contributed by atoms with Crippen LogP contribution >= 0.6 is 11.3 Å². The summed E-state index contributed by atoms with van der Waals surface area (Å²) in [6.07, 6.45) is 6.94. The predicted octanol–water partition coefficient (Wildman–Crippen LogP) is 4.73. The molecule has 3 fully saturated rings. The Morgan fingerprint density at radius 2 is 1.86 bits per heavy atom. The molecule has 0 bridgehead atoms. The van der Waals surface area contributed by atoms with E-state index in [0.29, 0.717) is 6.10 Å². The minimum absolute atomic E-state index is 0.00678. The van der Waals surface area contributed by atoms with Gasteiger partial charge in [0.15, 0.2) is 0 Å². The van der Waals surface area contributed by atoms with Gasteiger partial charge in [0.05, 0.1) is 12.1 Å². The van der Waals surface area contributed by atoms with Crippen LogP contribution in [0.3, 0.4) is 0 Å². The molecule has 2 aliphatic heterocycles. The number of ether oxygens (including phenoxy) is 1. The lowest BCUT2D eigenvalue weighted by Crippen LogP contribution is -2.36. The Hall–Kier alpha value is -2.57. The average Bonchev–Trinajstić information content (AvgIpc) is 3.29. The molecular weight excluding hydrogens is 454 g/mol. The monoisotopic (exact) mass is 488 g/mol. The van der Waals surface area contributed by atoms with E-state index in [0.717, 1.165) is 51.3 Å². The van der Waals surface area contributed by atoms with E-state index in [-0.39, 0.29) is 17.9 Å². The molecule has 3 heterocycles. The summed E-state index contributed by atoms with van der Waals surface area (Å²) in [7, 11) is 0. The lowest BCUT2D eigenvalue weighted by molar-refractivity contribution is -0.223. The van der Waals surface area contributed by atoms with Gasteiger partial charge in [0.2, 0.25) is 0 Å². The fraction of sp³-hybridized carbons (Fsp3) is 0.483. The third kappa shape index (κ3) is 5.65. The largest absolute Gasteiger partial charge is 0.862 e. The second kappa shape index (κ2) is 10.2. The van der Waals surface area contributed by atoms with Crippen molar-refractivity contribution in [1.29, 1.82) is 0 Å². The topological polar surface area (TPSA) is 51.1 Å². The molecule has 1 unspecified atom stereocenters. The zero-order valence-corrected chi connectivity index (χ0v) is 21.1. The number of aliphatic imine (C=N–C) groups is 1. The Kier molecular flexibility index (Phi) is 6.66. The second-order valence-electron chi connectivity index (χ2n) is 10.4. The van der Waals surface area contributed by atoms with E-state index in [1.807, 2.05) is 0 Å². The van der Waals surface area contributed by atoms with Crippen LogP contribution in [0.1, 0.15) is 37.7 Å². The first-order chi connectivity index (χ1) is 17.2. The zero-order valence-electron chi connectivity index (χ0n) is 20.3. The maximum atomic E-state index is 13.3. The van der Waals surface area contributed by atoms with Gasteiger partial charge in [-0.1, -0.05) is 18.2 Å². The molecule has 1 aliphatic carbocycles. The Bertz CT molecular complexity index is 1160. The molecule has 2 aromatic carbocycles. The molecule has 6 heteroatoms. The van der Waals surface area contributed by atoms with E-state index in [9.17, 15) is 5.11 Å². The van der Waals surface area contributed by atoms with Crippen molar-refractivity contribution >= 4 is 33.0 Å². The Morgan fingerprint density at radius 3 is 2.66 bits per heavy atom. The normalized spacial score (nSPS) is 22.2. The maximum absolute atomic E-state index is 13.3. The van der Waals surface area contributed by atoms with E-state index < -0.39 is 0 Å². The molecule has 0 N–H and O–H groups in total. The molecule has 1 aromatic heterocycles. The number of nitrogens with zero attached hydrogens (tertiary/aromatic N) is 3. The number of rotatable bonds is 9. The van der Waals surface area contributed by atoms with Crippen molar-refractivity contribution in [2.24, 2.45) is 10.9 Å². The van der Waals surface area contributed by atoms with Gasteiger partial charge < -0.3 is 24.6 Å². The molecule has 0 spiro atoms. The van der Waals surface area contributed by atoms with Crippen LogP contribution in [0, 0.1) is 5.92 Å². The highest BCUT2D eigenvalue weighted by atomic mass is 32.1. The number of benzene rings is 2.